The highest BCUT2D eigenvalue weighted by Crippen LogP contribution is 2.39. The summed E-state index contributed by atoms with van der Waals surface area (Å²) in [7, 11) is 0. The molecule has 0 spiro atoms. The van der Waals surface area contributed by atoms with Crippen molar-refractivity contribution in [1.29, 1.82) is 0 Å². The molecule has 0 atom stereocenters. The minimum atomic E-state index is -0.799. The van der Waals surface area contributed by atoms with Crippen LogP contribution < -0.4 is 0 Å². The van der Waals surface area contributed by atoms with Crippen LogP contribution >= 0.6 is 0 Å². The monoisotopic (exact) mass is 628 g/mol. The maximum absolute atomic E-state index is 13.4. The fourth-order valence-corrected chi connectivity index (χ4v) is 7.31. The Morgan fingerprint density at radius 2 is 0.891 bits per heavy atom. The average Bonchev–Trinajstić information content (AvgIpc) is 3.08. The highest BCUT2D eigenvalue weighted by Gasteiger charge is 2.22. The summed E-state index contributed by atoms with van der Waals surface area (Å²) in [4.78, 5) is 0. The zero-order valence-electron chi connectivity index (χ0n) is 27.4. The second-order valence-electron chi connectivity index (χ2n) is 13.7. The van der Waals surface area contributed by atoms with E-state index < -0.39 is 23.3 Å². The number of hydrogen-bond acceptors (Lipinski definition) is 0. The van der Waals surface area contributed by atoms with Gasteiger partial charge in [-0.2, -0.15) is 0 Å². The summed E-state index contributed by atoms with van der Waals surface area (Å²) in [6.07, 6.45) is 15.8. The van der Waals surface area contributed by atoms with Gasteiger partial charge < -0.3 is 0 Å². The highest BCUT2D eigenvalue weighted by atomic mass is 19.2. The molecule has 2 aliphatic carbocycles. The lowest BCUT2D eigenvalue weighted by Crippen LogP contribution is -2.13. The van der Waals surface area contributed by atoms with Gasteiger partial charge in [-0.15, -0.1) is 0 Å². The molecule has 2 fully saturated rings. The van der Waals surface area contributed by atoms with Crippen molar-refractivity contribution in [2.75, 3.05) is 0 Å². The molecule has 4 aromatic carbocycles. The van der Waals surface area contributed by atoms with Crippen molar-refractivity contribution >= 4 is 0 Å². The lowest BCUT2D eigenvalue weighted by molar-refractivity contribution is 0.303. The quantitative estimate of drug-likeness (QED) is 0.135. The van der Waals surface area contributed by atoms with Crippen LogP contribution in [0.25, 0.3) is 22.3 Å². The molecular weight excluding hydrogens is 580 g/mol. The Labute approximate surface area is 273 Å². The van der Waals surface area contributed by atoms with Crippen molar-refractivity contribution in [1.82, 2.24) is 0 Å². The second-order valence-corrected chi connectivity index (χ2v) is 13.7. The topological polar surface area (TPSA) is 0 Å². The van der Waals surface area contributed by atoms with Crippen molar-refractivity contribution in [3.63, 3.8) is 0 Å². The summed E-state index contributed by atoms with van der Waals surface area (Å²) in [6, 6.07) is 24.9. The zero-order chi connectivity index (χ0) is 32.5. The number of rotatable bonds is 8. The molecular formula is C42H48F4. The molecule has 0 aliphatic heterocycles. The Hall–Kier alpha value is -3.40. The summed E-state index contributed by atoms with van der Waals surface area (Å²) in [5.41, 5.74) is 6.08. The Morgan fingerprint density at radius 3 is 1.30 bits per heavy atom. The maximum atomic E-state index is 13.4. The van der Waals surface area contributed by atoms with Crippen LogP contribution in [0.3, 0.4) is 0 Å². The van der Waals surface area contributed by atoms with Gasteiger partial charge in [0, 0.05) is 0 Å². The third-order valence-corrected chi connectivity index (χ3v) is 10.3. The van der Waals surface area contributed by atoms with Crippen molar-refractivity contribution in [2.24, 2.45) is 11.8 Å². The summed E-state index contributed by atoms with van der Waals surface area (Å²) >= 11 is 0. The normalized spacial score (nSPS) is 21.3. The first-order valence-electron chi connectivity index (χ1n) is 17.4. The molecule has 0 aromatic heterocycles. The standard InChI is InChI=1S/C23H28F2.C19H20F2/c1-2-3-4-5-17-6-8-18(9-7-17)19-10-12-20(13-11-19)21-14-15-22(24)23(25)16-21;1-13-2-4-14(5-3-13)15-6-8-16(9-7-15)17-10-11-18(20)19(21)12-17/h10-18H,2-9H2,1H3;6-14H,2-5H2,1H3. The van der Waals surface area contributed by atoms with E-state index in [0.29, 0.717) is 11.8 Å². The average molecular weight is 629 g/mol. The van der Waals surface area contributed by atoms with E-state index in [9.17, 15) is 17.6 Å². The molecule has 0 saturated heterocycles. The van der Waals surface area contributed by atoms with Crippen LogP contribution in [0, 0.1) is 35.1 Å². The summed E-state index contributed by atoms with van der Waals surface area (Å²) in [5, 5.41) is 0. The molecule has 4 aromatic rings. The number of halogens is 4. The van der Waals surface area contributed by atoms with Gasteiger partial charge in [0.25, 0.3) is 0 Å². The van der Waals surface area contributed by atoms with Crippen LogP contribution in [-0.4, -0.2) is 0 Å². The van der Waals surface area contributed by atoms with Gasteiger partial charge in [-0.3, -0.25) is 0 Å². The molecule has 2 saturated carbocycles. The first-order valence-corrected chi connectivity index (χ1v) is 17.4. The molecule has 0 bridgehead atoms. The van der Waals surface area contributed by atoms with Crippen LogP contribution in [0.4, 0.5) is 17.6 Å². The Bertz CT molecular complexity index is 1510. The number of benzene rings is 4. The van der Waals surface area contributed by atoms with Crippen molar-refractivity contribution < 1.29 is 17.6 Å². The lowest BCUT2D eigenvalue weighted by atomic mass is 9.77. The van der Waals surface area contributed by atoms with E-state index in [0.717, 1.165) is 34.1 Å². The smallest absolute Gasteiger partial charge is 0.159 e. The van der Waals surface area contributed by atoms with Gasteiger partial charge in [0.1, 0.15) is 0 Å². The van der Waals surface area contributed by atoms with E-state index in [-0.39, 0.29) is 0 Å². The third kappa shape index (κ3) is 9.11. The van der Waals surface area contributed by atoms with Gasteiger partial charge in [0.2, 0.25) is 0 Å². The van der Waals surface area contributed by atoms with Gasteiger partial charge in [-0.25, -0.2) is 17.6 Å². The predicted molar refractivity (Wildman–Crippen MR) is 183 cm³/mol. The summed E-state index contributed by atoms with van der Waals surface area (Å²) in [5.74, 6) is -0.0998. The molecule has 0 amide bonds. The molecule has 0 unspecified atom stereocenters. The zero-order valence-corrected chi connectivity index (χ0v) is 27.4. The van der Waals surface area contributed by atoms with E-state index >= 15 is 0 Å². The molecule has 4 heteroatoms. The SMILES string of the molecule is CC1CCC(c2ccc(-c3ccc(F)c(F)c3)cc2)CC1.CCCCCC1CCC(c2ccc(-c3ccc(F)c(F)c3)cc2)CC1. The van der Waals surface area contributed by atoms with Gasteiger partial charge in [-0.05, 0) is 120 Å². The molecule has 0 N–H and O–H groups in total. The van der Waals surface area contributed by atoms with Crippen LogP contribution in [0.1, 0.15) is 114 Å². The maximum Gasteiger partial charge on any atom is 0.159 e. The molecule has 244 valence electrons. The highest BCUT2D eigenvalue weighted by molar-refractivity contribution is 5.64. The molecule has 6 rings (SSSR count). The molecule has 0 nitrogen and oxygen atoms in total. The fourth-order valence-electron chi connectivity index (χ4n) is 7.31. The van der Waals surface area contributed by atoms with Crippen molar-refractivity contribution in [3.05, 3.63) is 119 Å². The van der Waals surface area contributed by atoms with Crippen molar-refractivity contribution in [3.8, 4) is 22.3 Å². The first-order chi connectivity index (χ1) is 22.3. The van der Waals surface area contributed by atoms with Gasteiger partial charge in [0.15, 0.2) is 23.3 Å². The molecule has 2 aliphatic rings. The number of unbranched alkanes of at least 4 members (excludes halogenated alkanes) is 2. The van der Waals surface area contributed by atoms with E-state index in [4.69, 9.17) is 0 Å². The predicted octanol–water partition coefficient (Wildman–Crippen LogP) is 13.4. The van der Waals surface area contributed by atoms with Gasteiger partial charge in [0.05, 0.1) is 0 Å². The molecule has 46 heavy (non-hydrogen) atoms. The minimum absolute atomic E-state index is 0.653. The molecule has 0 radical (unpaired) electrons. The van der Waals surface area contributed by atoms with Gasteiger partial charge in [-0.1, -0.05) is 113 Å². The van der Waals surface area contributed by atoms with Crippen LogP contribution in [0.2, 0.25) is 0 Å². The van der Waals surface area contributed by atoms with Crippen molar-refractivity contribution in [2.45, 2.75) is 103 Å². The lowest BCUT2D eigenvalue weighted by Gasteiger charge is -2.29. The van der Waals surface area contributed by atoms with E-state index in [1.54, 1.807) is 12.1 Å². The first kappa shape index (κ1) is 33.9. The summed E-state index contributed by atoms with van der Waals surface area (Å²) < 4.78 is 52.8. The fraction of sp³-hybridized carbons (Fsp3) is 0.429. The van der Waals surface area contributed by atoms with Gasteiger partial charge >= 0.3 is 0 Å². The Kier molecular flexibility index (Phi) is 12.1. The summed E-state index contributed by atoms with van der Waals surface area (Å²) in [6.45, 7) is 4.59. The largest absolute Gasteiger partial charge is 0.204 e. The minimum Gasteiger partial charge on any atom is -0.204 e. The Morgan fingerprint density at radius 1 is 0.478 bits per heavy atom. The second kappa shape index (κ2) is 16.4. The Balaban J connectivity index is 0.000000184. The third-order valence-electron chi connectivity index (χ3n) is 10.3. The van der Waals surface area contributed by atoms with E-state index in [1.807, 2.05) is 24.3 Å². The van der Waals surface area contributed by atoms with E-state index in [2.05, 4.69) is 38.1 Å². The van der Waals surface area contributed by atoms with Crippen LogP contribution in [-0.2, 0) is 0 Å². The van der Waals surface area contributed by atoms with Crippen LogP contribution in [0.15, 0.2) is 84.9 Å². The molecule has 0 heterocycles. The number of hydrogen-bond donors (Lipinski definition) is 0. The van der Waals surface area contributed by atoms with E-state index in [1.165, 1.54) is 112 Å². The van der Waals surface area contributed by atoms with Crippen LogP contribution in [0.5, 0.6) is 0 Å².